The average Bonchev–Trinajstić information content (AvgIpc) is 2.37. The molecule has 0 saturated heterocycles. The minimum absolute atomic E-state index is 0.0364. The molecule has 0 amide bonds. The first kappa shape index (κ1) is 13.2. The number of benzene rings is 1. The van der Waals surface area contributed by atoms with Gasteiger partial charge in [-0.25, -0.2) is 4.39 Å². The summed E-state index contributed by atoms with van der Waals surface area (Å²) in [6.07, 6.45) is -3.21. The van der Waals surface area contributed by atoms with Crippen molar-refractivity contribution in [1.29, 1.82) is 0 Å². The molecule has 2 rings (SSSR count). The van der Waals surface area contributed by atoms with E-state index in [9.17, 15) is 22.4 Å². The van der Waals surface area contributed by atoms with Gasteiger partial charge in [0.2, 0.25) is 0 Å². The van der Waals surface area contributed by atoms with E-state index in [4.69, 9.17) is 0 Å². The molecule has 0 aliphatic carbocycles. The molecule has 1 aromatic carbocycles. The average molecular weight is 269 g/mol. The number of pyridine rings is 1. The lowest BCUT2D eigenvalue weighted by Gasteiger charge is -2.12. The fourth-order valence-corrected chi connectivity index (χ4v) is 1.65. The van der Waals surface area contributed by atoms with Gasteiger partial charge >= 0.3 is 6.18 Å². The van der Waals surface area contributed by atoms with E-state index in [0.29, 0.717) is 6.29 Å². The van der Waals surface area contributed by atoms with Crippen LogP contribution in [0.4, 0.5) is 17.6 Å². The smallest absolute Gasteiger partial charge is 0.298 e. The Hall–Kier alpha value is -2.24. The van der Waals surface area contributed by atoms with Crippen LogP contribution < -0.4 is 0 Å². The van der Waals surface area contributed by atoms with E-state index in [0.717, 1.165) is 24.4 Å². The van der Waals surface area contributed by atoms with Gasteiger partial charge in [0, 0.05) is 17.3 Å². The summed E-state index contributed by atoms with van der Waals surface area (Å²) in [7, 11) is 0. The van der Waals surface area contributed by atoms with E-state index < -0.39 is 23.3 Å². The molecular formula is C13H7F4NO. The molecule has 0 aliphatic rings. The number of hydrogen-bond donors (Lipinski definition) is 0. The van der Waals surface area contributed by atoms with Crippen molar-refractivity contribution in [3.63, 3.8) is 0 Å². The second-order valence-corrected chi connectivity index (χ2v) is 3.76. The minimum atomic E-state index is -4.60. The molecule has 0 N–H and O–H groups in total. The Bertz CT molecular complexity index is 622. The standard InChI is InChI=1S/C13H7F4NO/c14-11-5-8(7-19)6-18-12(11)9-3-1-2-4-10(9)13(15,16)17/h1-7H. The fourth-order valence-electron chi connectivity index (χ4n) is 1.65. The monoisotopic (exact) mass is 269 g/mol. The summed E-state index contributed by atoms with van der Waals surface area (Å²) < 4.78 is 52.1. The maximum absolute atomic E-state index is 13.7. The number of carbonyl (C=O) groups is 1. The van der Waals surface area contributed by atoms with Crippen molar-refractivity contribution in [2.24, 2.45) is 0 Å². The quantitative estimate of drug-likeness (QED) is 0.614. The van der Waals surface area contributed by atoms with E-state index in [1.54, 1.807) is 0 Å². The lowest BCUT2D eigenvalue weighted by Crippen LogP contribution is -2.08. The van der Waals surface area contributed by atoms with E-state index in [-0.39, 0.29) is 11.1 Å². The Labute approximate surface area is 105 Å². The topological polar surface area (TPSA) is 30.0 Å². The lowest BCUT2D eigenvalue weighted by molar-refractivity contribution is -0.137. The Morgan fingerprint density at radius 2 is 1.84 bits per heavy atom. The molecule has 0 spiro atoms. The first-order valence-corrected chi connectivity index (χ1v) is 5.21. The Morgan fingerprint density at radius 1 is 1.16 bits per heavy atom. The molecular weight excluding hydrogens is 262 g/mol. The van der Waals surface area contributed by atoms with E-state index in [1.165, 1.54) is 12.1 Å². The highest BCUT2D eigenvalue weighted by atomic mass is 19.4. The highest BCUT2D eigenvalue weighted by Gasteiger charge is 2.34. The number of rotatable bonds is 2. The van der Waals surface area contributed by atoms with Gasteiger partial charge in [0.15, 0.2) is 6.29 Å². The van der Waals surface area contributed by atoms with E-state index >= 15 is 0 Å². The third kappa shape index (κ3) is 2.62. The summed E-state index contributed by atoms with van der Waals surface area (Å²) in [4.78, 5) is 14.0. The third-order valence-corrected chi connectivity index (χ3v) is 2.49. The van der Waals surface area contributed by atoms with Crippen molar-refractivity contribution in [3.05, 3.63) is 53.5 Å². The van der Waals surface area contributed by atoms with Gasteiger partial charge in [0.25, 0.3) is 0 Å². The molecule has 1 aromatic heterocycles. The van der Waals surface area contributed by atoms with Crippen LogP contribution in [0.3, 0.4) is 0 Å². The number of halogens is 4. The fraction of sp³-hybridized carbons (Fsp3) is 0.0769. The zero-order chi connectivity index (χ0) is 14.0. The van der Waals surface area contributed by atoms with Crippen molar-refractivity contribution in [2.45, 2.75) is 6.18 Å². The molecule has 6 heteroatoms. The van der Waals surface area contributed by atoms with E-state index in [2.05, 4.69) is 4.98 Å². The molecule has 0 atom stereocenters. The maximum Gasteiger partial charge on any atom is 0.417 e. The van der Waals surface area contributed by atoms with Crippen LogP contribution in [0.1, 0.15) is 15.9 Å². The second-order valence-electron chi connectivity index (χ2n) is 3.76. The summed E-state index contributed by atoms with van der Waals surface area (Å²) >= 11 is 0. The highest BCUT2D eigenvalue weighted by Crippen LogP contribution is 2.36. The van der Waals surface area contributed by atoms with Crippen LogP contribution in [0.2, 0.25) is 0 Å². The summed E-state index contributed by atoms with van der Waals surface area (Å²) in [6, 6.07) is 5.41. The minimum Gasteiger partial charge on any atom is -0.298 e. The van der Waals surface area contributed by atoms with Gasteiger partial charge in [0.05, 0.1) is 5.56 Å². The molecule has 19 heavy (non-hydrogen) atoms. The lowest BCUT2D eigenvalue weighted by atomic mass is 10.0. The summed E-state index contributed by atoms with van der Waals surface area (Å²) in [5, 5.41) is 0. The van der Waals surface area contributed by atoms with Gasteiger partial charge in [-0.2, -0.15) is 13.2 Å². The normalized spacial score (nSPS) is 11.4. The predicted molar refractivity (Wildman–Crippen MR) is 60.0 cm³/mol. The Morgan fingerprint density at radius 3 is 2.42 bits per heavy atom. The van der Waals surface area contributed by atoms with Crippen molar-refractivity contribution < 1.29 is 22.4 Å². The van der Waals surface area contributed by atoms with Gasteiger partial charge in [-0.15, -0.1) is 0 Å². The number of carbonyl (C=O) groups excluding carboxylic acids is 1. The van der Waals surface area contributed by atoms with Crippen molar-refractivity contribution >= 4 is 6.29 Å². The van der Waals surface area contributed by atoms with Crippen molar-refractivity contribution in [1.82, 2.24) is 4.98 Å². The molecule has 98 valence electrons. The number of alkyl halides is 3. The van der Waals surface area contributed by atoms with Gasteiger partial charge < -0.3 is 0 Å². The zero-order valence-corrected chi connectivity index (χ0v) is 9.41. The molecule has 0 bridgehead atoms. The number of aromatic nitrogens is 1. The van der Waals surface area contributed by atoms with Crippen molar-refractivity contribution in [2.75, 3.05) is 0 Å². The van der Waals surface area contributed by atoms with Crippen LogP contribution in [0, 0.1) is 5.82 Å². The zero-order valence-electron chi connectivity index (χ0n) is 9.41. The summed E-state index contributed by atoms with van der Waals surface area (Å²) in [5.74, 6) is -0.971. The Balaban J connectivity index is 2.63. The molecule has 2 nitrogen and oxygen atoms in total. The first-order valence-electron chi connectivity index (χ1n) is 5.21. The van der Waals surface area contributed by atoms with Gasteiger partial charge in [-0.3, -0.25) is 9.78 Å². The van der Waals surface area contributed by atoms with Gasteiger partial charge in [0.1, 0.15) is 11.5 Å². The Kier molecular flexibility index (Phi) is 3.33. The molecule has 1 heterocycles. The number of nitrogens with zero attached hydrogens (tertiary/aromatic N) is 1. The summed E-state index contributed by atoms with van der Waals surface area (Å²) in [5.41, 5.74) is -1.80. The van der Waals surface area contributed by atoms with Crippen LogP contribution in [0.15, 0.2) is 36.5 Å². The van der Waals surface area contributed by atoms with Crippen LogP contribution in [0.25, 0.3) is 11.3 Å². The number of aldehydes is 1. The predicted octanol–water partition coefficient (Wildman–Crippen LogP) is 3.72. The molecule has 0 aliphatic heterocycles. The molecule has 0 saturated carbocycles. The van der Waals surface area contributed by atoms with Crippen LogP contribution in [-0.2, 0) is 6.18 Å². The third-order valence-electron chi connectivity index (χ3n) is 2.49. The largest absolute Gasteiger partial charge is 0.417 e. The first-order chi connectivity index (χ1) is 8.93. The molecule has 2 aromatic rings. The maximum atomic E-state index is 13.7. The highest BCUT2D eigenvalue weighted by molar-refractivity contribution is 5.76. The second kappa shape index (κ2) is 4.79. The molecule has 0 fully saturated rings. The molecule has 0 radical (unpaired) electrons. The molecule has 0 unspecified atom stereocenters. The number of hydrogen-bond acceptors (Lipinski definition) is 2. The SMILES string of the molecule is O=Cc1cnc(-c2ccccc2C(F)(F)F)c(F)c1. The van der Waals surface area contributed by atoms with Crippen LogP contribution in [0.5, 0.6) is 0 Å². The van der Waals surface area contributed by atoms with Crippen molar-refractivity contribution in [3.8, 4) is 11.3 Å². The van der Waals surface area contributed by atoms with E-state index in [1.807, 2.05) is 0 Å². The van der Waals surface area contributed by atoms with Crippen LogP contribution >= 0.6 is 0 Å². The van der Waals surface area contributed by atoms with Gasteiger partial charge in [-0.05, 0) is 12.1 Å². The van der Waals surface area contributed by atoms with Gasteiger partial charge in [-0.1, -0.05) is 18.2 Å². The summed E-state index contributed by atoms with van der Waals surface area (Å²) in [6.45, 7) is 0. The van der Waals surface area contributed by atoms with Crippen LogP contribution in [-0.4, -0.2) is 11.3 Å².